The molecular formula is C18H26N2O3. The van der Waals surface area contributed by atoms with Crippen LogP contribution >= 0.6 is 0 Å². The Bertz CT molecular complexity index is 516. The highest BCUT2D eigenvalue weighted by Gasteiger charge is 2.17. The third kappa shape index (κ3) is 8.16. The number of hydrogen-bond acceptors (Lipinski definition) is 3. The first-order valence-electron chi connectivity index (χ1n) is 7.99. The molecule has 0 fully saturated rings. The number of aliphatic carboxylic acids is 1. The molecule has 1 aliphatic rings. The van der Waals surface area contributed by atoms with E-state index in [-0.39, 0.29) is 11.9 Å². The van der Waals surface area contributed by atoms with Crippen molar-refractivity contribution in [3.05, 3.63) is 48.1 Å². The molecule has 0 heterocycles. The van der Waals surface area contributed by atoms with Crippen LogP contribution in [0.4, 0.5) is 0 Å². The Hall–Kier alpha value is -2.14. The second-order valence-corrected chi connectivity index (χ2v) is 5.71. The normalized spacial score (nSPS) is 21.4. The fourth-order valence-corrected chi connectivity index (χ4v) is 2.18. The van der Waals surface area contributed by atoms with Gasteiger partial charge in [-0.15, -0.1) is 0 Å². The lowest BCUT2D eigenvalue weighted by atomic mass is 10.1. The topological polar surface area (TPSA) is 78.4 Å². The molecule has 1 amide bonds. The number of rotatable bonds is 9. The van der Waals surface area contributed by atoms with E-state index in [0.29, 0.717) is 18.5 Å². The van der Waals surface area contributed by atoms with Crippen LogP contribution in [0.5, 0.6) is 0 Å². The summed E-state index contributed by atoms with van der Waals surface area (Å²) in [6.07, 6.45) is 14.9. The van der Waals surface area contributed by atoms with Crippen molar-refractivity contribution in [3.63, 3.8) is 0 Å². The van der Waals surface area contributed by atoms with Crippen LogP contribution in [0, 0.1) is 0 Å². The third-order valence-electron chi connectivity index (χ3n) is 3.30. The highest BCUT2D eigenvalue weighted by atomic mass is 16.4. The van der Waals surface area contributed by atoms with Crippen LogP contribution in [0.25, 0.3) is 0 Å². The summed E-state index contributed by atoms with van der Waals surface area (Å²) in [7, 11) is 0. The van der Waals surface area contributed by atoms with Crippen molar-refractivity contribution in [1.29, 1.82) is 0 Å². The van der Waals surface area contributed by atoms with E-state index in [1.165, 1.54) is 0 Å². The number of nitrogens with one attached hydrogen (secondary N) is 2. The van der Waals surface area contributed by atoms with Crippen LogP contribution in [0.2, 0.25) is 0 Å². The minimum absolute atomic E-state index is 0.115. The first-order chi connectivity index (χ1) is 11.0. The first-order valence-corrected chi connectivity index (χ1v) is 7.99. The van der Waals surface area contributed by atoms with Gasteiger partial charge in [0, 0.05) is 18.2 Å². The molecule has 0 aromatic carbocycles. The van der Waals surface area contributed by atoms with Gasteiger partial charge in [0.1, 0.15) is 6.04 Å². The molecular weight excluding hydrogens is 292 g/mol. The Morgan fingerprint density at radius 1 is 1.09 bits per heavy atom. The third-order valence-corrected chi connectivity index (χ3v) is 3.30. The van der Waals surface area contributed by atoms with Crippen molar-refractivity contribution >= 4 is 11.9 Å². The molecule has 0 bridgehead atoms. The summed E-state index contributed by atoms with van der Waals surface area (Å²) in [6.45, 7) is 4.39. The molecule has 5 nitrogen and oxygen atoms in total. The predicted molar refractivity (Wildman–Crippen MR) is 92.1 cm³/mol. The van der Waals surface area contributed by atoms with E-state index in [0.717, 1.165) is 12.8 Å². The number of amides is 1. The number of unbranched alkanes of at least 4 members (excludes halogenated alkanes) is 1. The molecule has 0 radical (unpaired) electrons. The van der Waals surface area contributed by atoms with Crippen molar-refractivity contribution in [2.45, 2.75) is 45.2 Å². The molecule has 0 aliphatic heterocycles. The number of allylic oxidation sites excluding steroid dienone is 6. The monoisotopic (exact) mass is 318 g/mol. The smallest absolute Gasteiger partial charge is 0.320 e. The van der Waals surface area contributed by atoms with Crippen molar-refractivity contribution in [2.24, 2.45) is 0 Å². The van der Waals surface area contributed by atoms with Gasteiger partial charge in [0.2, 0.25) is 0 Å². The maximum atomic E-state index is 12.0. The number of hydrogen-bond donors (Lipinski definition) is 3. The average molecular weight is 318 g/mol. The van der Waals surface area contributed by atoms with Crippen LogP contribution in [-0.2, 0) is 9.59 Å². The first kappa shape index (κ1) is 18.9. The van der Waals surface area contributed by atoms with Crippen LogP contribution in [-0.4, -0.2) is 35.6 Å². The van der Waals surface area contributed by atoms with Gasteiger partial charge in [0.25, 0.3) is 5.91 Å². The second kappa shape index (κ2) is 10.6. The van der Waals surface area contributed by atoms with Crippen molar-refractivity contribution in [1.82, 2.24) is 10.6 Å². The Morgan fingerprint density at radius 2 is 1.78 bits per heavy atom. The zero-order chi connectivity index (χ0) is 17.1. The Morgan fingerprint density at radius 3 is 2.48 bits per heavy atom. The van der Waals surface area contributed by atoms with E-state index >= 15 is 0 Å². The lowest BCUT2D eigenvalue weighted by Gasteiger charge is -2.17. The summed E-state index contributed by atoms with van der Waals surface area (Å²) in [5.74, 6) is -0.941. The van der Waals surface area contributed by atoms with Crippen LogP contribution in [0.3, 0.4) is 0 Å². The zero-order valence-corrected chi connectivity index (χ0v) is 13.8. The maximum Gasteiger partial charge on any atom is 0.320 e. The molecule has 0 aromatic rings. The van der Waals surface area contributed by atoms with Crippen molar-refractivity contribution in [2.75, 3.05) is 6.54 Å². The summed E-state index contributed by atoms with van der Waals surface area (Å²) >= 11 is 0. The molecule has 1 atom stereocenters. The molecule has 0 aromatic heterocycles. The standard InChI is InChI=1S/C18H26N2O3/c1-14(2)20-16(18(22)23)12-8-9-13-19-17(21)15-10-6-4-3-5-7-11-15/h3-7,10-11,14,16,20H,8-9,12-13H2,1-2H3,(H,19,21)(H,22,23)/b4-3-,5-3?,6-4?,7-5-,10-6-,11-7?,15-10?,15-11+. The molecule has 0 spiro atoms. The van der Waals surface area contributed by atoms with Gasteiger partial charge in [-0.3, -0.25) is 9.59 Å². The predicted octanol–water partition coefficient (Wildman–Crippen LogP) is 2.33. The van der Waals surface area contributed by atoms with Gasteiger partial charge in [0.05, 0.1) is 0 Å². The van der Waals surface area contributed by atoms with E-state index in [9.17, 15) is 9.59 Å². The van der Waals surface area contributed by atoms with E-state index < -0.39 is 12.0 Å². The van der Waals surface area contributed by atoms with Crippen molar-refractivity contribution in [3.8, 4) is 0 Å². The summed E-state index contributed by atoms with van der Waals surface area (Å²) < 4.78 is 0. The molecule has 0 saturated carbocycles. The Balaban J connectivity index is 2.28. The molecule has 1 unspecified atom stereocenters. The highest BCUT2D eigenvalue weighted by molar-refractivity contribution is 5.96. The molecule has 5 heteroatoms. The fourth-order valence-electron chi connectivity index (χ4n) is 2.18. The fraction of sp³-hybridized carbons (Fsp3) is 0.444. The number of carboxylic acid groups (broad SMARTS) is 1. The van der Waals surface area contributed by atoms with Gasteiger partial charge < -0.3 is 15.7 Å². The average Bonchev–Trinajstić information content (AvgIpc) is 2.44. The van der Waals surface area contributed by atoms with Crippen LogP contribution in [0.15, 0.2) is 48.1 Å². The summed E-state index contributed by atoms with van der Waals surface area (Å²) in [5.41, 5.74) is 0.607. The Kier molecular flexibility index (Phi) is 8.68. The molecule has 0 saturated heterocycles. The Labute approximate surface area is 137 Å². The van der Waals surface area contributed by atoms with E-state index in [1.54, 1.807) is 12.2 Å². The number of carboxylic acids is 1. The minimum atomic E-state index is -0.826. The van der Waals surface area contributed by atoms with Crippen LogP contribution in [0.1, 0.15) is 33.1 Å². The molecule has 126 valence electrons. The van der Waals surface area contributed by atoms with Crippen molar-refractivity contribution < 1.29 is 14.7 Å². The lowest BCUT2D eigenvalue weighted by Crippen LogP contribution is -2.40. The minimum Gasteiger partial charge on any atom is -0.480 e. The van der Waals surface area contributed by atoms with Gasteiger partial charge in [-0.25, -0.2) is 0 Å². The maximum absolute atomic E-state index is 12.0. The van der Waals surface area contributed by atoms with Gasteiger partial charge in [-0.05, 0) is 31.4 Å². The quantitative estimate of drug-likeness (QED) is 0.570. The molecule has 1 rings (SSSR count). The van der Waals surface area contributed by atoms with E-state index in [1.807, 2.05) is 44.2 Å². The largest absolute Gasteiger partial charge is 0.480 e. The van der Waals surface area contributed by atoms with E-state index in [4.69, 9.17) is 5.11 Å². The van der Waals surface area contributed by atoms with Gasteiger partial charge >= 0.3 is 5.97 Å². The lowest BCUT2D eigenvalue weighted by molar-refractivity contribution is -0.139. The SMILES string of the molecule is CC(C)NC(CCCCNC(=O)C1=C/C=C\C=C/C=C\1)C(=O)O. The summed E-state index contributed by atoms with van der Waals surface area (Å²) in [6, 6.07) is -0.394. The van der Waals surface area contributed by atoms with Crippen LogP contribution < -0.4 is 10.6 Å². The second-order valence-electron chi connectivity index (χ2n) is 5.71. The van der Waals surface area contributed by atoms with Gasteiger partial charge in [-0.2, -0.15) is 0 Å². The zero-order valence-electron chi connectivity index (χ0n) is 13.8. The number of carbonyl (C=O) groups is 2. The highest BCUT2D eigenvalue weighted by Crippen LogP contribution is 2.04. The molecule has 1 aliphatic carbocycles. The summed E-state index contributed by atoms with van der Waals surface area (Å²) in [4.78, 5) is 23.1. The molecule has 3 N–H and O–H groups in total. The number of carbonyl (C=O) groups excluding carboxylic acids is 1. The summed E-state index contributed by atoms with van der Waals surface area (Å²) in [5, 5.41) is 15.0. The van der Waals surface area contributed by atoms with E-state index in [2.05, 4.69) is 10.6 Å². The van der Waals surface area contributed by atoms with Gasteiger partial charge in [-0.1, -0.05) is 44.2 Å². The van der Waals surface area contributed by atoms with Gasteiger partial charge in [0.15, 0.2) is 0 Å². The molecule has 23 heavy (non-hydrogen) atoms.